The molecule has 2 heterocycles. The van der Waals surface area contributed by atoms with Gasteiger partial charge in [-0.1, -0.05) is 12.1 Å². The van der Waals surface area contributed by atoms with Crippen LogP contribution in [0.3, 0.4) is 0 Å². The van der Waals surface area contributed by atoms with E-state index in [1.54, 1.807) is 12.1 Å². The third-order valence-corrected chi connectivity index (χ3v) is 4.72. The van der Waals surface area contributed by atoms with E-state index in [4.69, 9.17) is 0 Å². The summed E-state index contributed by atoms with van der Waals surface area (Å²) in [6, 6.07) is 6.26. The van der Waals surface area contributed by atoms with Crippen LogP contribution in [-0.4, -0.2) is 10.8 Å². The molecule has 108 valence electrons. The Bertz CT molecular complexity index is 754. The molecule has 0 aliphatic carbocycles. The van der Waals surface area contributed by atoms with E-state index in [2.05, 4.69) is 10.6 Å². The zero-order chi connectivity index (χ0) is 15.1. The van der Waals surface area contributed by atoms with Gasteiger partial charge in [0.1, 0.15) is 11.2 Å². The molecule has 0 saturated heterocycles. The molecule has 2 N–H and O–H groups in total. The van der Waals surface area contributed by atoms with Gasteiger partial charge in [0.2, 0.25) is 0 Å². The van der Waals surface area contributed by atoms with E-state index in [0.29, 0.717) is 11.1 Å². The lowest BCUT2D eigenvalue weighted by molar-refractivity contribution is -0.384. The van der Waals surface area contributed by atoms with Gasteiger partial charge in [-0.15, -0.1) is 11.3 Å². The van der Waals surface area contributed by atoms with Gasteiger partial charge in [0.15, 0.2) is 0 Å². The van der Waals surface area contributed by atoms with Crippen molar-refractivity contribution in [3.8, 4) is 0 Å². The Labute approximate surface area is 124 Å². The Morgan fingerprint density at radius 3 is 2.76 bits per heavy atom. The molecule has 0 fully saturated rings. The summed E-state index contributed by atoms with van der Waals surface area (Å²) in [4.78, 5) is 23.7. The fraction of sp³-hybridized carbons (Fsp3) is 0.214. The van der Waals surface area contributed by atoms with Crippen LogP contribution in [0.15, 0.2) is 24.3 Å². The van der Waals surface area contributed by atoms with Crippen LogP contribution < -0.4 is 10.6 Å². The van der Waals surface area contributed by atoms with Crippen LogP contribution in [0.4, 0.5) is 10.7 Å². The number of nitro benzene ring substituents is 1. The number of carbonyl (C=O) groups excluding carboxylic acids is 1. The first-order valence-corrected chi connectivity index (χ1v) is 7.21. The third-order valence-electron chi connectivity index (χ3n) is 3.58. The number of fused-ring (bicyclic) bond motifs is 1. The molecule has 1 atom stereocenters. The topological polar surface area (TPSA) is 84.3 Å². The second kappa shape index (κ2) is 4.85. The van der Waals surface area contributed by atoms with Crippen molar-refractivity contribution in [2.24, 2.45) is 0 Å². The molecule has 1 amide bonds. The number of carbonyl (C=O) groups is 1. The predicted octanol–water partition coefficient (Wildman–Crippen LogP) is 3.13. The van der Waals surface area contributed by atoms with Crippen molar-refractivity contribution in [2.75, 3.05) is 5.32 Å². The molecule has 0 bridgehead atoms. The van der Waals surface area contributed by atoms with E-state index in [0.717, 1.165) is 15.4 Å². The number of nitro groups is 1. The molecule has 1 unspecified atom stereocenters. The number of aryl methyl sites for hydroxylation is 1. The standard InChI is InChI=1S/C14H13N3O3S/c1-7-8(2)21-14-11(7)13(18)15-12(16-14)9-4-3-5-10(6-9)17(19)20/h3-6,12,16H,1-2H3,(H,15,18). The summed E-state index contributed by atoms with van der Waals surface area (Å²) in [5, 5.41) is 17.7. The fourth-order valence-corrected chi connectivity index (χ4v) is 3.44. The first kappa shape index (κ1) is 13.6. The van der Waals surface area contributed by atoms with Gasteiger partial charge in [-0.25, -0.2) is 0 Å². The molecule has 3 rings (SSSR count). The molecule has 6 nitrogen and oxygen atoms in total. The van der Waals surface area contributed by atoms with Crippen LogP contribution in [0.1, 0.15) is 32.5 Å². The maximum absolute atomic E-state index is 12.2. The van der Waals surface area contributed by atoms with E-state index < -0.39 is 11.1 Å². The largest absolute Gasteiger partial charge is 0.353 e. The Balaban J connectivity index is 1.98. The molecule has 0 saturated carbocycles. The Hall–Kier alpha value is -2.41. The number of thiophene rings is 1. The minimum absolute atomic E-state index is 0.00730. The molecule has 7 heteroatoms. The number of anilines is 1. The summed E-state index contributed by atoms with van der Waals surface area (Å²) in [6.07, 6.45) is -0.456. The average Bonchev–Trinajstić information content (AvgIpc) is 2.74. The Morgan fingerprint density at radius 2 is 2.05 bits per heavy atom. The van der Waals surface area contributed by atoms with E-state index in [1.165, 1.54) is 23.5 Å². The lowest BCUT2D eigenvalue weighted by Gasteiger charge is -2.26. The summed E-state index contributed by atoms with van der Waals surface area (Å²) in [7, 11) is 0. The summed E-state index contributed by atoms with van der Waals surface area (Å²) in [5.41, 5.74) is 2.30. The van der Waals surface area contributed by atoms with E-state index in [1.807, 2.05) is 13.8 Å². The summed E-state index contributed by atoms with van der Waals surface area (Å²) in [6.45, 7) is 3.88. The number of hydrogen-bond donors (Lipinski definition) is 2. The predicted molar refractivity (Wildman–Crippen MR) is 80.7 cm³/mol. The van der Waals surface area contributed by atoms with Gasteiger partial charge in [0, 0.05) is 22.6 Å². The minimum Gasteiger partial charge on any atom is -0.353 e. The first-order valence-electron chi connectivity index (χ1n) is 6.39. The molecule has 0 spiro atoms. The molecule has 1 aromatic carbocycles. The average molecular weight is 303 g/mol. The maximum Gasteiger partial charge on any atom is 0.269 e. The van der Waals surface area contributed by atoms with Gasteiger partial charge in [-0.2, -0.15) is 0 Å². The highest BCUT2D eigenvalue weighted by Gasteiger charge is 2.29. The molecule has 1 aliphatic rings. The second-order valence-corrected chi connectivity index (χ2v) is 6.12. The maximum atomic E-state index is 12.2. The van der Waals surface area contributed by atoms with Crippen molar-refractivity contribution >= 4 is 27.9 Å². The number of non-ortho nitro benzene ring substituents is 1. The molecule has 21 heavy (non-hydrogen) atoms. The van der Waals surface area contributed by atoms with Crippen molar-refractivity contribution in [3.63, 3.8) is 0 Å². The Kier molecular flexibility index (Phi) is 3.13. The molecular weight excluding hydrogens is 290 g/mol. The van der Waals surface area contributed by atoms with Gasteiger partial charge >= 0.3 is 0 Å². The summed E-state index contributed by atoms with van der Waals surface area (Å²) in [5.74, 6) is -0.151. The number of nitrogens with zero attached hydrogens (tertiary/aromatic N) is 1. The number of amides is 1. The highest BCUT2D eigenvalue weighted by molar-refractivity contribution is 7.16. The second-order valence-electron chi connectivity index (χ2n) is 4.89. The minimum atomic E-state index is -0.456. The third kappa shape index (κ3) is 2.25. The van der Waals surface area contributed by atoms with Gasteiger partial charge in [0.05, 0.1) is 10.5 Å². The first-order chi connectivity index (χ1) is 9.97. The molecule has 0 radical (unpaired) electrons. The Morgan fingerprint density at radius 1 is 1.29 bits per heavy atom. The molecular formula is C14H13N3O3S. The normalized spacial score (nSPS) is 16.9. The van der Waals surface area contributed by atoms with Crippen LogP contribution in [0.2, 0.25) is 0 Å². The van der Waals surface area contributed by atoms with Crippen LogP contribution in [0, 0.1) is 24.0 Å². The van der Waals surface area contributed by atoms with Crippen molar-refractivity contribution in [1.82, 2.24) is 5.32 Å². The van der Waals surface area contributed by atoms with Crippen molar-refractivity contribution in [2.45, 2.75) is 20.0 Å². The van der Waals surface area contributed by atoms with Crippen LogP contribution in [-0.2, 0) is 0 Å². The zero-order valence-corrected chi connectivity index (χ0v) is 12.3. The number of benzene rings is 1. The van der Waals surface area contributed by atoms with E-state index in [9.17, 15) is 14.9 Å². The molecule has 1 aliphatic heterocycles. The molecule has 1 aromatic heterocycles. The fourth-order valence-electron chi connectivity index (χ4n) is 2.36. The number of hydrogen-bond acceptors (Lipinski definition) is 5. The van der Waals surface area contributed by atoms with Crippen LogP contribution >= 0.6 is 11.3 Å². The van der Waals surface area contributed by atoms with Crippen LogP contribution in [0.25, 0.3) is 0 Å². The summed E-state index contributed by atoms with van der Waals surface area (Å²) >= 11 is 1.52. The lowest BCUT2D eigenvalue weighted by atomic mass is 10.1. The van der Waals surface area contributed by atoms with E-state index in [-0.39, 0.29) is 11.6 Å². The van der Waals surface area contributed by atoms with Gasteiger partial charge in [0.25, 0.3) is 11.6 Å². The number of rotatable bonds is 2. The van der Waals surface area contributed by atoms with Gasteiger partial charge in [-0.3, -0.25) is 14.9 Å². The van der Waals surface area contributed by atoms with Crippen molar-refractivity contribution in [1.29, 1.82) is 0 Å². The van der Waals surface area contributed by atoms with Crippen molar-refractivity contribution in [3.05, 3.63) is 55.9 Å². The monoisotopic (exact) mass is 303 g/mol. The molecule has 2 aromatic rings. The lowest BCUT2D eigenvalue weighted by Crippen LogP contribution is -2.38. The van der Waals surface area contributed by atoms with Crippen LogP contribution in [0.5, 0.6) is 0 Å². The smallest absolute Gasteiger partial charge is 0.269 e. The number of nitrogens with one attached hydrogen (secondary N) is 2. The highest BCUT2D eigenvalue weighted by Crippen LogP contribution is 2.37. The summed E-state index contributed by atoms with van der Waals surface area (Å²) < 4.78 is 0. The van der Waals surface area contributed by atoms with Crippen molar-refractivity contribution < 1.29 is 9.72 Å². The van der Waals surface area contributed by atoms with Gasteiger partial charge < -0.3 is 10.6 Å². The van der Waals surface area contributed by atoms with Gasteiger partial charge in [-0.05, 0) is 19.4 Å². The SMILES string of the molecule is Cc1sc2c(c1C)C(=O)NC(c1cccc([N+](=O)[O-])c1)N2. The quantitative estimate of drug-likeness (QED) is 0.659. The zero-order valence-electron chi connectivity index (χ0n) is 11.5. The van der Waals surface area contributed by atoms with E-state index >= 15 is 0 Å². The highest BCUT2D eigenvalue weighted by atomic mass is 32.1.